The number of aliphatic hydroxyl groups is 2. The molecular weight excluding hydrogens is 273 g/mol. The van der Waals surface area contributed by atoms with Crippen LogP contribution >= 0.6 is 0 Å². The second-order valence-electron chi connectivity index (χ2n) is 6.12. The van der Waals surface area contributed by atoms with Gasteiger partial charge in [0, 0.05) is 13.1 Å². The van der Waals surface area contributed by atoms with Crippen LogP contribution in [0.3, 0.4) is 0 Å². The highest BCUT2D eigenvalue weighted by Gasteiger charge is 2.21. The summed E-state index contributed by atoms with van der Waals surface area (Å²) in [6.45, 7) is 6.53. The highest BCUT2D eigenvalue weighted by Crippen LogP contribution is 2.16. The van der Waals surface area contributed by atoms with Crippen LogP contribution in [-0.2, 0) is 0 Å². The molecule has 1 aromatic rings. The van der Waals surface area contributed by atoms with Crippen molar-refractivity contribution in [2.45, 2.75) is 38.9 Å². The predicted molar refractivity (Wildman–Crippen MR) is 80.9 cm³/mol. The molecule has 0 radical (unpaired) electrons. The van der Waals surface area contributed by atoms with Gasteiger partial charge in [0.05, 0.1) is 5.60 Å². The predicted octanol–water partition coefficient (Wildman–Crippen LogP) is 1.95. The van der Waals surface area contributed by atoms with Crippen LogP contribution in [0, 0.1) is 11.7 Å². The van der Waals surface area contributed by atoms with Gasteiger partial charge in [0.2, 0.25) is 0 Å². The first-order valence-electron chi connectivity index (χ1n) is 7.28. The largest absolute Gasteiger partial charge is 0.488 e. The molecule has 3 N–H and O–H groups in total. The van der Waals surface area contributed by atoms with E-state index in [1.54, 1.807) is 19.1 Å². The monoisotopic (exact) mass is 299 g/mol. The lowest BCUT2D eigenvalue weighted by Crippen LogP contribution is -2.42. The van der Waals surface area contributed by atoms with E-state index in [0.29, 0.717) is 18.9 Å². The molecule has 0 saturated carbocycles. The van der Waals surface area contributed by atoms with Gasteiger partial charge in [0.15, 0.2) is 11.6 Å². The minimum absolute atomic E-state index is 0.000255. The molecule has 0 aliphatic rings. The van der Waals surface area contributed by atoms with Crippen LogP contribution < -0.4 is 10.1 Å². The Morgan fingerprint density at radius 2 is 2.00 bits per heavy atom. The molecule has 0 fully saturated rings. The molecule has 1 rings (SSSR count). The average molecular weight is 299 g/mol. The Hall–Kier alpha value is -1.17. The third-order valence-electron chi connectivity index (χ3n) is 3.00. The minimum atomic E-state index is -0.805. The molecule has 0 bridgehead atoms. The highest BCUT2D eigenvalue weighted by molar-refractivity contribution is 5.23. The Labute approximate surface area is 125 Å². The number of hydrogen-bond donors (Lipinski definition) is 3. The molecule has 120 valence electrons. The Balaban J connectivity index is 2.25. The minimum Gasteiger partial charge on any atom is -0.488 e. The molecule has 0 heterocycles. The Morgan fingerprint density at radius 3 is 2.62 bits per heavy atom. The fraction of sp³-hybridized carbons (Fsp3) is 0.625. The van der Waals surface area contributed by atoms with Crippen molar-refractivity contribution in [1.29, 1.82) is 0 Å². The molecule has 21 heavy (non-hydrogen) atoms. The summed E-state index contributed by atoms with van der Waals surface area (Å²) in [5, 5.41) is 22.9. The van der Waals surface area contributed by atoms with Crippen LogP contribution in [0.4, 0.5) is 4.39 Å². The number of aliphatic hydroxyl groups excluding tert-OH is 1. The van der Waals surface area contributed by atoms with Crippen molar-refractivity contribution in [1.82, 2.24) is 5.32 Å². The first-order valence-corrected chi connectivity index (χ1v) is 7.28. The van der Waals surface area contributed by atoms with Gasteiger partial charge in [-0.25, -0.2) is 4.39 Å². The van der Waals surface area contributed by atoms with Crippen LogP contribution in [0.15, 0.2) is 24.3 Å². The van der Waals surface area contributed by atoms with E-state index in [9.17, 15) is 14.6 Å². The van der Waals surface area contributed by atoms with E-state index in [1.165, 1.54) is 12.1 Å². The zero-order valence-corrected chi connectivity index (χ0v) is 13.0. The van der Waals surface area contributed by atoms with Crippen LogP contribution in [0.1, 0.15) is 27.2 Å². The van der Waals surface area contributed by atoms with E-state index >= 15 is 0 Å². The number of halogens is 1. The zero-order chi connectivity index (χ0) is 15.9. The summed E-state index contributed by atoms with van der Waals surface area (Å²) < 4.78 is 18.5. The van der Waals surface area contributed by atoms with E-state index in [-0.39, 0.29) is 18.9 Å². The maximum absolute atomic E-state index is 13.3. The molecule has 5 heteroatoms. The molecule has 1 aromatic carbocycles. The van der Waals surface area contributed by atoms with Crippen LogP contribution in [0.2, 0.25) is 0 Å². The maximum atomic E-state index is 13.3. The van der Waals surface area contributed by atoms with Gasteiger partial charge in [-0.15, -0.1) is 0 Å². The van der Waals surface area contributed by atoms with Gasteiger partial charge in [-0.2, -0.15) is 0 Å². The molecule has 0 saturated heterocycles. The summed E-state index contributed by atoms with van der Waals surface area (Å²) in [6, 6.07) is 6.08. The number of nitrogens with one attached hydrogen (secondary N) is 1. The summed E-state index contributed by atoms with van der Waals surface area (Å²) >= 11 is 0. The Morgan fingerprint density at radius 1 is 1.33 bits per heavy atom. The normalized spacial score (nSPS) is 15.8. The first kappa shape index (κ1) is 17.9. The summed E-state index contributed by atoms with van der Waals surface area (Å²) in [7, 11) is 0. The molecule has 4 nitrogen and oxygen atoms in total. The number of benzene rings is 1. The molecule has 0 aromatic heterocycles. The molecule has 2 atom stereocenters. The lowest BCUT2D eigenvalue weighted by molar-refractivity contribution is 0.0326. The van der Waals surface area contributed by atoms with Crippen molar-refractivity contribution in [3.8, 4) is 5.75 Å². The van der Waals surface area contributed by atoms with Crippen molar-refractivity contribution in [3.63, 3.8) is 0 Å². The first-order chi connectivity index (χ1) is 9.80. The van der Waals surface area contributed by atoms with E-state index in [2.05, 4.69) is 5.32 Å². The molecule has 0 aliphatic heterocycles. The second kappa shape index (κ2) is 8.32. The summed E-state index contributed by atoms with van der Waals surface area (Å²) in [5.41, 5.74) is -0.805. The topological polar surface area (TPSA) is 61.7 Å². The van der Waals surface area contributed by atoms with Gasteiger partial charge < -0.3 is 20.3 Å². The quantitative estimate of drug-likeness (QED) is 0.652. The van der Waals surface area contributed by atoms with Crippen LogP contribution in [-0.4, -0.2) is 41.6 Å². The van der Waals surface area contributed by atoms with Crippen LogP contribution in [0.25, 0.3) is 0 Å². The highest BCUT2D eigenvalue weighted by atomic mass is 19.1. The molecule has 0 amide bonds. The molecular formula is C16H26FNO3. The summed E-state index contributed by atoms with van der Waals surface area (Å²) in [5.74, 6) is 0.0805. The van der Waals surface area contributed by atoms with Gasteiger partial charge in [0.25, 0.3) is 0 Å². The third-order valence-corrected chi connectivity index (χ3v) is 3.00. The van der Waals surface area contributed by atoms with Crippen molar-refractivity contribution in [2.24, 2.45) is 5.92 Å². The van der Waals surface area contributed by atoms with Gasteiger partial charge in [-0.05, 0) is 31.4 Å². The molecule has 0 aliphatic carbocycles. The number of para-hydroxylation sites is 1. The standard InChI is InChI=1S/C16H26FNO3/c1-12(2)8-16(3,20)11-18-9-13(19)10-21-15-7-5-4-6-14(15)17/h4-7,12-13,18-20H,8-11H2,1-3H3. The van der Waals surface area contributed by atoms with Gasteiger partial charge in [-0.1, -0.05) is 26.0 Å². The smallest absolute Gasteiger partial charge is 0.165 e. The SMILES string of the molecule is CC(C)CC(C)(O)CNCC(O)COc1ccccc1F. The fourth-order valence-corrected chi connectivity index (χ4v) is 2.27. The van der Waals surface area contributed by atoms with E-state index in [1.807, 2.05) is 13.8 Å². The zero-order valence-electron chi connectivity index (χ0n) is 13.0. The fourth-order valence-electron chi connectivity index (χ4n) is 2.27. The van der Waals surface area contributed by atoms with Crippen LogP contribution in [0.5, 0.6) is 5.75 Å². The molecule has 2 unspecified atom stereocenters. The van der Waals surface area contributed by atoms with E-state index in [0.717, 1.165) is 0 Å². The number of rotatable bonds is 9. The molecule has 0 spiro atoms. The van der Waals surface area contributed by atoms with E-state index in [4.69, 9.17) is 4.74 Å². The van der Waals surface area contributed by atoms with Gasteiger partial charge in [-0.3, -0.25) is 0 Å². The van der Waals surface area contributed by atoms with Crippen molar-refractivity contribution < 1.29 is 19.3 Å². The third kappa shape index (κ3) is 7.41. The average Bonchev–Trinajstić information content (AvgIpc) is 2.36. The van der Waals surface area contributed by atoms with Gasteiger partial charge in [0.1, 0.15) is 12.7 Å². The lowest BCUT2D eigenvalue weighted by Gasteiger charge is -2.26. The number of ether oxygens (including phenoxy) is 1. The lowest BCUT2D eigenvalue weighted by atomic mass is 9.94. The Bertz CT molecular complexity index is 424. The van der Waals surface area contributed by atoms with Crippen molar-refractivity contribution in [2.75, 3.05) is 19.7 Å². The second-order valence-corrected chi connectivity index (χ2v) is 6.12. The maximum Gasteiger partial charge on any atom is 0.165 e. The Kier molecular flexibility index (Phi) is 7.08. The van der Waals surface area contributed by atoms with Crippen molar-refractivity contribution >= 4 is 0 Å². The summed E-state index contributed by atoms with van der Waals surface area (Å²) in [6.07, 6.45) is -0.0820. The number of hydrogen-bond acceptors (Lipinski definition) is 4. The summed E-state index contributed by atoms with van der Waals surface area (Å²) in [4.78, 5) is 0. The van der Waals surface area contributed by atoms with Gasteiger partial charge >= 0.3 is 0 Å². The van der Waals surface area contributed by atoms with Crippen molar-refractivity contribution in [3.05, 3.63) is 30.1 Å². The van der Waals surface area contributed by atoms with E-state index < -0.39 is 17.5 Å².